The molecule has 2 rings (SSSR count). The van der Waals surface area contributed by atoms with Crippen LogP contribution in [0.25, 0.3) is 0 Å². The smallest absolute Gasteiger partial charge is 0.220 e. The molecule has 5 nitrogen and oxygen atoms in total. The first-order chi connectivity index (χ1) is 8.28. The largest absolute Gasteiger partial charge is 0.352 e. The highest BCUT2D eigenvalue weighted by Gasteiger charge is 2.20. The van der Waals surface area contributed by atoms with Crippen molar-refractivity contribution >= 4 is 5.91 Å². The lowest BCUT2D eigenvalue weighted by Gasteiger charge is -2.09. The Morgan fingerprint density at radius 1 is 1.65 bits per heavy atom. The molecule has 2 heterocycles. The molecular formula is C12H20N4O. The lowest BCUT2D eigenvalue weighted by atomic mass is 10.2. The molecule has 0 saturated carbocycles. The number of amides is 1. The summed E-state index contributed by atoms with van der Waals surface area (Å²) in [6.07, 6.45) is 6.61. The number of nitrogens with one attached hydrogen (secondary N) is 2. The van der Waals surface area contributed by atoms with Crippen LogP contribution in [0.15, 0.2) is 12.5 Å². The molecule has 0 aliphatic carbocycles. The van der Waals surface area contributed by atoms with Crippen molar-refractivity contribution in [2.75, 3.05) is 6.54 Å². The quantitative estimate of drug-likeness (QED) is 0.713. The topological polar surface area (TPSA) is 59.0 Å². The van der Waals surface area contributed by atoms with E-state index in [1.54, 1.807) is 0 Å². The zero-order valence-electron chi connectivity index (χ0n) is 10.3. The van der Waals surface area contributed by atoms with E-state index in [0.717, 1.165) is 38.2 Å². The molecule has 94 valence electrons. The van der Waals surface area contributed by atoms with Crippen LogP contribution in [0.3, 0.4) is 0 Å². The molecule has 0 radical (unpaired) electrons. The van der Waals surface area contributed by atoms with Gasteiger partial charge in [0.15, 0.2) is 0 Å². The van der Waals surface area contributed by atoms with Gasteiger partial charge in [-0.25, -0.2) is 4.98 Å². The molecule has 1 aliphatic rings. The van der Waals surface area contributed by atoms with Crippen LogP contribution in [0, 0.1) is 0 Å². The summed E-state index contributed by atoms with van der Waals surface area (Å²) in [5.74, 6) is 0.167. The van der Waals surface area contributed by atoms with Gasteiger partial charge in [0.25, 0.3) is 0 Å². The molecule has 1 saturated heterocycles. The van der Waals surface area contributed by atoms with Crippen LogP contribution in [0.4, 0.5) is 0 Å². The van der Waals surface area contributed by atoms with Gasteiger partial charge in [0.05, 0.1) is 12.0 Å². The minimum atomic E-state index is 0.167. The van der Waals surface area contributed by atoms with E-state index in [2.05, 4.69) is 27.1 Å². The van der Waals surface area contributed by atoms with Crippen molar-refractivity contribution in [3.63, 3.8) is 0 Å². The normalized spacial score (nSPS) is 19.6. The van der Waals surface area contributed by atoms with E-state index in [1.165, 1.54) is 0 Å². The van der Waals surface area contributed by atoms with Gasteiger partial charge >= 0.3 is 0 Å². The Morgan fingerprint density at radius 2 is 2.53 bits per heavy atom. The van der Waals surface area contributed by atoms with Crippen molar-refractivity contribution in [2.24, 2.45) is 0 Å². The van der Waals surface area contributed by atoms with Crippen LogP contribution in [-0.4, -0.2) is 28.0 Å². The number of carbonyl (C=O) groups is 1. The number of imidazole rings is 1. The Balaban J connectivity index is 1.79. The molecule has 1 aliphatic heterocycles. The second-order valence-electron chi connectivity index (χ2n) is 4.54. The van der Waals surface area contributed by atoms with Gasteiger partial charge in [-0.15, -0.1) is 0 Å². The summed E-state index contributed by atoms with van der Waals surface area (Å²) in [5, 5.41) is 6.28. The monoisotopic (exact) mass is 236 g/mol. The Hall–Kier alpha value is -1.36. The van der Waals surface area contributed by atoms with E-state index >= 15 is 0 Å². The van der Waals surface area contributed by atoms with Gasteiger partial charge in [-0.2, -0.15) is 0 Å². The number of rotatable bonds is 6. The number of hydrogen-bond donors (Lipinski definition) is 2. The van der Waals surface area contributed by atoms with E-state index in [4.69, 9.17) is 0 Å². The fourth-order valence-electron chi connectivity index (χ4n) is 2.06. The van der Waals surface area contributed by atoms with Crippen LogP contribution < -0.4 is 10.6 Å². The zero-order chi connectivity index (χ0) is 12.1. The summed E-state index contributed by atoms with van der Waals surface area (Å²) in [6.45, 7) is 4.81. The van der Waals surface area contributed by atoms with Gasteiger partial charge in [-0.3, -0.25) is 4.79 Å². The first kappa shape index (κ1) is 12.1. The molecule has 0 spiro atoms. The molecule has 1 aromatic heterocycles. The zero-order valence-corrected chi connectivity index (χ0v) is 10.3. The lowest BCUT2D eigenvalue weighted by Crippen LogP contribution is -2.29. The van der Waals surface area contributed by atoms with E-state index in [0.29, 0.717) is 6.42 Å². The van der Waals surface area contributed by atoms with E-state index in [-0.39, 0.29) is 11.9 Å². The van der Waals surface area contributed by atoms with Crippen molar-refractivity contribution in [1.82, 2.24) is 20.2 Å². The summed E-state index contributed by atoms with van der Waals surface area (Å²) in [6, 6.07) is 0.271. The maximum absolute atomic E-state index is 11.1. The van der Waals surface area contributed by atoms with Gasteiger partial charge in [-0.05, 0) is 19.4 Å². The highest BCUT2D eigenvalue weighted by molar-refractivity contribution is 5.78. The van der Waals surface area contributed by atoms with Crippen molar-refractivity contribution in [1.29, 1.82) is 0 Å². The number of aromatic nitrogens is 2. The van der Waals surface area contributed by atoms with E-state index in [1.807, 2.05) is 12.5 Å². The van der Waals surface area contributed by atoms with Crippen molar-refractivity contribution in [3.05, 3.63) is 18.2 Å². The van der Waals surface area contributed by atoms with Gasteiger partial charge in [0.2, 0.25) is 5.91 Å². The van der Waals surface area contributed by atoms with Crippen molar-refractivity contribution in [3.8, 4) is 0 Å². The standard InChI is InChI=1S/C12H20N4O/c1-2-5-13-6-11-8-16(9-14-11)7-10-3-4-12(17)15-10/h8-10,13H,2-7H2,1H3,(H,15,17). The molecular weight excluding hydrogens is 216 g/mol. The Morgan fingerprint density at radius 3 is 3.24 bits per heavy atom. The van der Waals surface area contributed by atoms with Crippen molar-refractivity contribution in [2.45, 2.75) is 45.3 Å². The Kier molecular flexibility index (Phi) is 4.14. The molecule has 1 aromatic rings. The second-order valence-corrected chi connectivity index (χ2v) is 4.54. The molecule has 0 aromatic carbocycles. The highest BCUT2D eigenvalue weighted by atomic mass is 16.1. The van der Waals surface area contributed by atoms with Crippen molar-refractivity contribution < 1.29 is 4.79 Å². The second kappa shape index (κ2) is 5.82. The molecule has 1 atom stereocenters. The summed E-state index contributed by atoms with van der Waals surface area (Å²) in [5.41, 5.74) is 1.06. The van der Waals surface area contributed by atoms with E-state index < -0.39 is 0 Å². The lowest BCUT2D eigenvalue weighted by molar-refractivity contribution is -0.119. The fraction of sp³-hybridized carbons (Fsp3) is 0.667. The highest BCUT2D eigenvalue weighted by Crippen LogP contribution is 2.09. The van der Waals surface area contributed by atoms with Crippen LogP contribution >= 0.6 is 0 Å². The predicted octanol–water partition coefficient (Wildman–Crippen LogP) is 0.661. The minimum Gasteiger partial charge on any atom is -0.352 e. The predicted molar refractivity (Wildman–Crippen MR) is 65.4 cm³/mol. The van der Waals surface area contributed by atoms with Gasteiger partial charge in [0, 0.05) is 31.7 Å². The van der Waals surface area contributed by atoms with Crippen LogP contribution in [0.2, 0.25) is 0 Å². The molecule has 5 heteroatoms. The fourth-order valence-corrected chi connectivity index (χ4v) is 2.06. The molecule has 1 unspecified atom stereocenters. The minimum absolute atomic E-state index is 0.167. The first-order valence-electron chi connectivity index (χ1n) is 6.28. The molecule has 17 heavy (non-hydrogen) atoms. The SMILES string of the molecule is CCCNCc1cn(CC2CCC(=O)N2)cn1. The van der Waals surface area contributed by atoms with Crippen LogP contribution in [0.5, 0.6) is 0 Å². The van der Waals surface area contributed by atoms with Gasteiger partial charge < -0.3 is 15.2 Å². The number of carbonyl (C=O) groups excluding carboxylic acids is 1. The first-order valence-corrected chi connectivity index (χ1v) is 6.28. The summed E-state index contributed by atoms with van der Waals surface area (Å²) in [7, 11) is 0. The third-order valence-electron chi connectivity index (χ3n) is 2.94. The Bertz CT molecular complexity index is 374. The maximum atomic E-state index is 11.1. The number of nitrogens with zero attached hydrogens (tertiary/aromatic N) is 2. The summed E-state index contributed by atoms with van der Waals surface area (Å²) < 4.78 is 2.05. The molecule has 1 fully saturated rings. The molecule has 1 amide bonds. The van der Waals surface area contributed by atoms with Gasteiger partial charge in [0.1, 0.15) is 0 Å². The average molecular weight is 236 g/mol. The van der Waals surface area contributed by atoms with Crippen LogP contribution in [-0.2, 0) is 17.9 Å². The summed E-state index contributed by atoms with van der Waals surface area (Å²) >= 11 is 0. The van der Waals surface area contributed by atoms with E-state index in [9.17, 15) is 4.79 Å². The molecule has 2 N–H and O–H groups in total. The van der Waals surface area contributed by atoms with Crippen LogP contribution in [0.1, 0.15) is 31.9 Å². The molecule has 0 bridgehead atoms. The average Bonchev–Trinajstić information content (AvgIpc) is 2.90. The third-order valence-corrected chi connectivity index (χ3v) is 2.94. The maximum Gasteiger partial charge on any atom is 0.220 e. The Labute approximate surface area is 102 Å². The van der Waals surface area contributed by atoms with Gasteiger partial charge in [-0.1, -0.05) is 6.92 Å². The summed E-state index contributed by atoms with van der Waals surface area (Å²) in [4.78, 5) is 15.4. The number of hydrogen-bond acceptors (Lipinski definition) is 3. The third kappa shape index (κ3) is 3.56.